The normalized spacial score (nSPS) is 11.0. The first-order valence-corrected chi connectivity index (χ1v) is 7.61. The number of nitrogens with one attached hydrogen (secondary N) is 1. The summed E-state index contributed by atoms with van der Waals surface area (Å²) in [4.78, 5) is 23.3. The Bertz CT molecular complexity index is 775. The predicted octanol–water partition coefficient (Wildman–Crippen LogP) is 4.71. The van der Waals surface area contributed by atoms with Crippen LogP contribution in [0.15, 0.2) is 42.5 Å². The van der Waals surface area contributed by atoms with Gasteiger partial charge in [0.2, 0.25) is 0 Å². The number of hydrogen-bond donors (Lipinski definition) is 2. The highest BCUT2D eigenvalue weighted by Gasteiger charge is 2.19. The quantitative estimate of drug-likeness (QED) is 0.856. The summed E-state index contributed by atoms with van der Waals surface area (Å²) in [7, 11) is 0. The smallest absolute Gasteiger partial charge is 0.412 e. The van der Waals surface area contributed by atoms with Crippen molar-refractivity contribution in [1.29, 1.82) is 0 Å². The topological polar surface area (TPSA) is 75.6 Å². The number of carbonyl (C=O) groups is 2. The Morgan fingerprint density at radius 3 is 2.29 bits per heavy atom. The van der Waals surface area contributed by atoms with Crippen LogP contribution in [-0.2, 0) is 4.74 Å². The zero-order valence-corrected chi connectivity index (χ0v) is 14.2. The van der Waals surface area contributed by atoms with Crippen LogP contribution in [0.5, 0.6) is 0 Å². The van der Waals surface area contributed by atoms with Crippen LogP contribution in [0.4, 0.5) is 10.5 Å². The van der Waals surface area contributed by atoms with Crippen LogP contribution in [-0.4, -0.2) is 22.8 Å². The van der Waals surface area contributed by atoms with E-state index < -0.39 is 17.7 Å². The van der Waals surface area contributed by atoms with Crippen LogP contribution in [0.25, 0.3) is 11.1 Å². The maximum absolute atomic E-state index is 12.1. The van der Waals surface area contributed by atoms with Crippen LogP contribution < -0.4 is 5.32 Å². The number of carboxylic acid groups (broad SMARTS) is 1. The number of ether oxygens (including phenoxy) is 1. The van der Waals surface area contributed by atoms with Gasteiger partial charge >= 0.3 is 12.1 Å². The minimum Gasteiger partial charge on any atom is -0.478 e. The highest BCUT2D eigenvalue weighted by atomic mass is 16.6. The van der Waals surface area contributed by atoms with E-state index in [9.17, 15) is 14.7 Å². The number of aryl methyl sites for hydroxylation is 1. The van der Waals surface area contributed by atoms with E-state index in [0.29, 0.717) is 5.69 Å². The molecule has 0 saturated carbocycles. The SMILES string of the molecule is Cc1ccccc1-c1ccc(C(=O)O)cc1NC(=O)OC(C)(C)C. The Morgan fingerprint density at radius 2 is 1.71 bits per heavy atom. The molecule has 0 spiro atoms. The van der Waals surface area contributed by atoms with Gasteiger partial charge in [-0.3, -0.25) is 5.32 Å². The van der Waals surface area contributed by atoms with Crippen LogP contribution >= 0.6 is 0 Å². The lowest BCUT2D eigenvalue weighted by Gasteiger charge is -2.21. The Balaban J connectivity index is 2.46. The van der Waals surface area contributed by atoms with Gasteiger partial charge in [-0.15, -0.1) is 0 Å². The number of rotatable bonds is 3. The predicted molar refractivity (Wildman–Crippen MR) is 93.4 cm³/mol. The van der Waals surface area contributed by atoms with Crippen LogP contribution in [0.1, 0.15) is 36.7 Å². The maximum Gasteiger partial charge on any atom is 0.412 e. The third kappa shape index (κ3) is 4.35. The molecule has 2 N–H and O–H groups in total. The van der Waals surface area contributed by atoms with Gasteiger partial charge < -0.3 is 9.84 Å². The van der Waals surface area contributed by atoms with E-state index in [0.717, 1.165) is 16.7 Å². The molecule has 0 fully saturated rings. The van der Waals surface area contributed by atoms with Crippen molar-refractivity contribution in [1.82, 2.24) is 0 Å². The summed E-state index contributed by atoms with van der Waals surface area (Å²) in [5.74, 6) is -1.06. The molecule has 0 aliphatic carbocycles. The second kappa shape index (κ2) is 6.74. The second-order valence-electron chi connectivity index (χ2n) is 6.51. The second-order valence-corrected chi connectivity index (χ2v) is 6.51. The van der Waals surface area contributed by atoms with Crippen molar-refractivity contribution in [2.75, 3.05) is 5.32 Å². The van der Waals surface area contributed by atoms with E-state index in [4.69, 9.17) is 4.74 Å². The fourth-order valence-corrected chi connectivity index (χ4v) is 2.30. The zero-order valence-electron chi connectivity index (χ0n) is 14.2. The summed E-state index contributed by atoms with van der Waals surface area (Å²) in [5.41, 5.74) is 2.53. The van der Waals surface area contributed by atoms with Gasteiger partial charge in [0.15, 0.2) is 0 Å². The van der Waals surface area contributed by atoms with Gasteiger partial charge in [-0.2, -0.15) is 0 Å². The molecule has 126 valence electrons. The van der Waals surface area contributed by atoms with Gasteiger partial charge in [-0.1, -0.05) is 30.3 Å². The standard InChI is InChI=1S/C19H21NO4/c1-12-7-5-6-8-14(12)15-10-9-13(17(21)22)11-16(15)20-18(23)24-19(2,3)4/h5-11H,1-4H3,(H,20,23)(H,21,22). The summed E-state index contributed by atoms with van der Waals surface area (Å²) >= 11 is 0. The fourth-order valence-electron chi connectivity index (χ4n) is 2.30. The van der Waals surface area contributed by atoms with E-state index >= 15 is 0 Å². The van der Waals surface area contributed by atoms with E-state index in [2.05, 4.69) is 5.32 Å². The summed E-state index contributed by atoms with van der Waals surface area (Å²) in [6.07, 6.45) is -0.625. The summed E-state index contributed by atoms with van der Waals surface area (Å²) in [6, 6.07) is 12.3. The van der Waals surface area contributed by atoms with Gasteiger partial charge in [0.05, 0.1) is 11.3 Å². The molecule has 0 radical (unpaired) electrons. The summed E-state index contributed by atoms with van der Waals surface area (Å²) in [5, 5.41) is 11.9. The van der Waals surface area contributed by atoms with Gasteiger partial charge in [0.25, 0.3) is 0 Å². The summed E-state index contributed by atoms with van der Waals surface area (Å²) in [6.45, 7) is 7.26. The van der Waals surface area contributed by atoms with Crippen molar-refractivity contribution in [3.05, 3.63) is 53.6 Å². The first kappa shape index (κ1) is 17.5. The molecule has 0 aromatic heterocycles. The van der Waals surface area contributed by atoms with Crippen molar-refractivity contribution in [3.63, 3.8) is 0 Å². The lowest BCUT2D eigenvalue weighted by atomic mass is 9.97. The Kier molecular flexibility index (Phi) is 4.93. The molecular formula is C19H21NO4. The van der Waals surface area contributed by atoms with Crippen LogP contribution in [0.3, 0.4) is 0 Å². The van der Waals surface area contributed by atoms with E-state index in [1.165, 1.54) is 12.1 Å². The molecule has 1 amide bonds. The Hall–Kier alpha value is -2.82. The number of carbonyl (C=O) groups excluding carboxylic acids is 1. The van der Waals surface area contributed by atoms with E-state index in [-0.39, 0.29) is 5.56 Å². The van der Waals surface area contributed by atoms with E-state index in [1.807, 2.05) is 31.2 Å². The molecule has 0 aliphatic rings. The largest absolute Gasteiger partial charge is 0.478 e. The Labute approximate surface area is 141 Å². The van der Waals surface area contributed by atoms with Crippen molar-refractivity contribution in [3.8, 4) is 11.1 Å². The van der Waals surface area contributed by atoms with Crippen LogP contribution in [0.2, 0.25) is 0 Å². The molecule has 0 unspecified atom stereocenters. The highest BCUT2D eigenvalue weighted by Crippen LogP contribution is 2.31. The zero-order chi connectivity index (χ0) is 17.9. The lowest BCUT2D eigenvalue weighted by molar-refractivity contribution is 0.0633. The van der Waals surface area contributed by atoms with Crippen molar-refractivity contribution in [2.45, 2.75) is 33.3 Å². The molecule has 5 heteroatoms. The first-order chi connectivity index (χ1) is 11.2. The van der Waals surface area contributed by atoms with Crippen molar-refractivity contribution in [2.24, 2.45) is 0 Å². The molecule has 0 aliphatic heterocycles. The van der Waals surface area contributed by atoms with Gasteiger partial charge in [-0.05, 0) is 51.0 Å². The molecule has 0 bridgehead atoms. The number of benzene rings is 2. The number of carboxylic acids is 1. The monoisotopic (exact) mass is 327 g/mol. The minimum absolute atomic E-state index is 0.0957. The van der Waals surface area contributed by atoms with Crippen LogP contribution in [0, 0.1) is 6.92 Å². The van der Waals surface area contributed by atoms with Crippen molar-refractivity contribution < 1.29 is 19.4 Å². The van der Waals surface area contributed by atoms with Gasteiger partial charge in [0.1, 0.15) is 5.60 Å². The molecule has 0 saturated heterocycles. The Morgan fingerprint density at radius 1 is 1.04 bits per heavy atom. The fraction of sp³-hybridized carbons (Fsp3) is 0.263. The number of aromatic carboxylic acids is 1. The van der Waals surface area contributed by atoms with Gasteiger partial charge in [0, 0.05) is 5.56 Å². The average molecular weight is 327 g/mol. The highest BCUT2D eigenvalue weighted by molar-refractivity contribution is 5.96. The lowest BCUT2D eigenvalue weighted by Crippen LogP contribution is -2.27. The molecule has 2 aromatic rings. The molecule has 2 aromatic carbocycles. The number of amides is 1. The molecular weight excluding hydrogens is 306 g/mol. The average Bonchev–Trinajstić information content (AvgIpc) is 2.46. The maximum atomic E-state index is 12.1. The summed E-state index contributed by atoms with van der Waals surface area (Å²) < 4.78 is 5.27. The first-order valence-electron chi connectivity index (χ1n) is 7.61. The third-order valence-electron chi connectivity index (χ3n) is 3.34. The molecule has 0 heterocycles. The molecule has 5 nitrogen and oxygen atoms in total. The third-order valence-corrected chi connectivity index (χ3v) is 3.34. The van der Waals surface area contributed by atoms with Crippen molar-refractivity contribution >= 4 is 17.7 Å². The van der Waals surface area contributed by atoms with Gasteiger partial charge in [-0.25, -0.2) is 9.59 Å². The minimum atomic E-state index is -1.06. The molecule has 0 atom stereocenters. The number of hydrogen-bond acceptors (Lipinski definition) is 3. The number of anilines is 1. The molecule has 24 heavy (non-hydrogen) atoms. The molecule has 2 rings (SSSR count). The van der Waals surface area contributed by atoms with E-state index in [1.54, 1.807) is 26.8 Å².